The van der Waals surface area contributed by atoms with Crippen LogP contribution in [0.4, 0.5) is 11.4 Å². The van der Waals surface area contributed by atoms with Crippen LogP contribution < -0.4 is 10.6 Å². The molecule has 82 valence electrons. The molecule has 0 spiro atoms. The lowest BCUT2D eigenvalue weighted by atomic mass is 10.2. The van der Waals surface area contributed by atoms with Crippen LogP contribution in [0.15, 0.2) is 35.5 Å². The normalized spacial score (nSPS) is 23.1. The fraction of sp³-hybridized carbons (Fsp3) is 0.250. The van der Waals surface area contributed by atoms with Crippen molar-refractivity contribution in [3.63, 3.8) is 0 Å². The molecule has 3 nitrogen and oxygen atoms in total. The van der Waals surface area contributed by atoms with E-state index in [9.17, 15) is 4.79 Å². The van der Waals surface area contributed by atoms with E-state index in [0.717, 1.165) is 28.4 Å². The molecular weight excluding hydrogens is 220 g/mol. The highest BCUT2D eigenvalue weighted by Gasteiger charge is 2.30. The van der Waals surface area contributed by atoms with Gasteiger partial charge >= 0.3 is 0 Å². The van der Waals surface area contributed by atoms with Crippen molar-refractivity contribution in [2.75, 3.05) is 16.4 Å². The highest BCUT2D eigenvalue weighted by atomic mass is 32.2. The summed E-state index contributed by atoms with van der Waals surface area (Å²) in [7, 11) is 0. The van der Waals surface area contributed by atoms with Gasteiger partial charge in [-0.15, -0.1) is 11.8 Å². The molecule has 1 amide bonds. The summed E-state index contributed by atoms with van der Waals surface area (Å²) in [5.74, 6) is 0.827. The minimum atomic E-state index is 0.0318. The summed E-state index contributed by atoms with van der Waals surface area (Å²) in [6.07, 6.45) is 0. The first-order valence-corrected chi connectivity index (χ1v) is 6.32. The van der Waals surface area contributed by atoms with Gasteiger partial charge in [-0.05, 0) is 19.1 Å². The van der Waals surface area contributed by atoms with Gasteiger partial charge in [0.15, 0.2) is 0 Å². The highest BCUT2D eigenvalue weighted by molar-refractivity contribution is 8.00. The number of amides is 1. The maximum atomic E-state index is 12.0. The zero-order valence-electron chi connectivity index (χ0n) is 8.91. The summed E-state index contributed by atoms with van der Waals surface area (Å²) in [6.45, 7) is 2.13. The first-order valence-electron chi connectivity index (χ1n) is 5.28. The Balaban J connectivity index is 2.09. The maximum absolute atomic E-state index is 12.0. The van der Waals surface area contributed by atoms with E-state index in [0.29, 0.717) is 5.25 Å². The zero-order valence-corrected chi connectivity index (χ0v) is 9.73. The average Bonchev–Trinajstić information content (AvgIpc) is 2.57. The third-order valence-electron chi connectivity index (χ3n) is 2.93. The topological polar surface area (TPSA) is 41.1 Å². The van der Waals surface area contributed by atoms with Gasteiger partial charge in [-0.1, -0.05) is 12.1 Å². The maximum Gasteiger partial charge on any atom is 0.254 e. The molecule has 0 radical (unpaired) electrons. The fourth-order valence-electron chi connectivity index (χ4n) is 2.02. The number of hydrogen-bond donors (Lipinski definition) is 2. The highest BCUT2D eigenvalue weighted by Crippen LogP contribution is 2.37. The number of fused-ring (bicyclic) bond motifs is 1. The second-order valence-corrected chi connectivity index (χ2v) is 5.30. The van der Waals surface area contributed by atoms with Crippen molar-refractivity contribution in [2.45, 2.75) is 12.2 Å². The van der Waals surface area contributed by atoms with Gasteiger partial charge in [-0.3, -0.25) is 4.79 Å². The minimum Gasteiger partial charge on any atom is -0.356 e. The van der Waals surface area contributed by atoms with Gasteiger partial charge in [0, 0.05) is 22.3 Å². The number of hydrogen-bond acceptors (Lipinski definition) is 3. The Kier molecular flexibility index (Phi) is 2.17. The van der Waals surface area contributed by atoms with Gasteiger partial charge in [-0.2, -0.15) is 0 Å². The van der Waals surface area contributed by atoms with Crippen LogP contribution in [0.2, 0.25) is 0 Å². The van der Waals surface area contributed by atoms with Crippen LogP contribution in [0.1, 0.15) is 6.92 Å². The van der Waals surface area contributed by atoms with Gasteiger partial charge in [0.1, 0.15) is 0 Å². The van der Waals surface area contributed by atoms with Crippen molar-refractivity contribution in [3.05, 3.63) is 35.5 Å². The third kappa shape index (κ3) is 1.41. The van der Waals surface area contributed by atoms with Gasteiger partial charge in [0.05, 0.1) is 11.4 Å². The molecular formula is C12H12N2OS. The molecule has 1 aromatic carbocycles. The van der Waals surface area contributed by atoms with Crippen molar-refractivity contribution in [2.24, 2.45) is 0 Å². The molecule has 0 saturated heterocycles. The van der Waals surface area contributed by atoms with Gasteiger partial charge < -0.3 is 10.6 Å². The molecule has 2 aliphatic rings. The van der Waals surface area contributed by atoms with Crippen molar-refractivity contribution < 1.29 is 4.79 Å². The number of carbonyl (C=O) groups is 1. The summed E-state index contributed by atoms with van der Waals surface area (Å²) < 4.78 is 0. The summed E-state index contributed by atoms with van der Waals surface area (Å²) in [5, 5.41) is 6.69. The molecule has 1 aromatic rings. The van der Waals surface area contributed by atoms with Crippen LogP contribution in [0.25, 0.3) is 0 Å². The summed E-state index contributed by atoms with van der Waals surface area (Å²) in [6, 6.07) is 7.80. The van der Waals surface area contributed by atoms with Crippen LogP contribution in [0.3, 0.4) is 0 Å². The second kappa shape index (κ2) is 3.56. The van der Waals surface area contributed by atoms with Crippen molar-refractivity contribution >= 4 is 29.0 Å². The summed E-state index contributed by atoms with van der Waals surface area (Å²) in [5.41, 5.74) is 3.79. The number of para-hydroxylation sites is 2. The van der Waals surface area contributed by atoms with Gasteiger partial charge in [-0.25, -0.2) is 0 Å². The molecule has 0 fully saturated rings. The van der Waals surface area contributed by atoms with E-state index in [1.165, 1.54) is 0 Å². The molecule has 0 saturated carbocycles. The lowest BCUT2D eigenvalue weighted by Crippen LogP contribution is -2.14. The molecule has 2 heterocycles. The van der Waals surface area contributed by atoms with Crippen LogP contribution in [-0.2, 0) is 4.79 Å². The monoisotopic (exact) mass is 232 g/mol. The zero-order chi connectivity index (χ0) is 11.1. The van der Waals surface area contributed by atoms with Crippen molar-refractivity contribution in [3.8, 4) is 0 Å². The first kappa shape index (κ1) is 9.78. The van der Waals surface area contributed by atoms with Crippen LogP contribution >= 0.6 is 11.8 Å². The van der Waals surface area contributed by atoms with Crippen molar-refractivity contribution in [1.82, 2.24) is 0 Å². The predicted octanol–water partition coefficient (Wildman–Crippen LogP) is 2.44. The largest absolute Gasteiger partial charge is 0.356 e. The standard InChI is InChI=1S/C12H12N2OS/c1-7-11-8(6-16-7)12(15)14-10-5-3-2-4-9(10)13-11/h2-5,7,13H,6H2,1H3,(H,14,15). The number of carbonyl (C=O) groups excluding carboxylic acids is 1. The number of thioether (sulfide) groups is 1. The predicted molar refractivity (Wildman–Crippen MR) is 67.6 cm³/mol. The SMILES string of the molecule is CC1SCC2=C1Nc1ccccc1NC2=O. The van der Waals surface area contributed by atoms with E-state index >= 15 is 0 Å². The molecule has 4 heteroatoms. The number of nitrogens with one attached hydrogen (secondary N) is 2. The Morgan fingerprint density at radius 1 is 1.25 bits per heavy atom. The van der Waals surface area contributed by atoms with E-state index in [1.54, 1.807) is 11.8 Å². The van der Waals surface area contributed by atoms with E-state index < -0.39 is 0 Å². The number of anilines is 2. The molecule has 1 atom stereocenters. The minimum absolute atomic E-state index is 0.0318. The van der Waals surface area contributed by atoms with Gasteiger partial charge in [0.25, 0.3) is 5.91 Å². The molecule has 0 aliphatic carbocycles. The lowest BCUT2D eigenvalue weighted by molar-refractivity contribution is -0.112. The molecule has 0 aromatic heterocycles. The average molecular weight is 232 g/mol. The molecule has 0 bridgehead atoms. The van der Waals surface area contributed by atoms with Crippen LogP contribution in [0.5, 0.6) is 0 Å². The molecule has 1 unspecified atom stereocenters. The van der Waals surface area contributed by atoms with Crippen molar-refractivity contribution in [1.29, 1.82) is 0 Å². The number of rotatable bonds is 0. The van der Waals surface area contributed by atoms with Crippen LogP contribution in [-0.4, -0.2) is 16.9 Å². The summed E-state index contributed by atoms with van der Waals surface area (Å²) >= 11 is 1.79. The first-order chi connectivity index (χ1) is 7.75. The Hall–Kier alpha value is -1.42. The lowest BCUT2D eigenvalue weighted by Gasteiger charge is -2.12. The fourth-order valence-corrected chi connectivity index (χ4v) is 3.09. The second-order valence-electron chi connectivity index (χ2n) is 3.97. The third-order valence-corrected chi connectivity index (χ3v) is 4.12. The molecule has 3 rings (SSSR count). The molecule has 2 N–H and O–H groups in total. The van der Waals surface area contributed by atoms with E-state index in [-0.39, 0.29) is 5.91 Å². The summed E-state index contributed by atoms with van der Waals surface area (Å²) in [4.78, 5) is 12.0. The Labute approximate surface area is 98.3 Å². The van der Waals surface area contributed by atoms with Gasteiger partial charge in [0.2, 0.25) is 0 Å². The Morgan fingerprint density at radius 3 is 2.69 bits per heavy atom. The van der Waals surface area contributed by atoms with E-state index in [2.05, 4.69) is 17.6 Å². The van der Waals surface area contributed by atoms with Crippen LogP contribution in [0, 0.1) is 0 Å². The number of benzene rings is 1. The smallest absolute Gasteiger partial charge is 0.254 e. The van der Waals surface area contributed by atoms with E-state index in [4.69, 9.17) is 0 Å². The van der Waals surface area contributed by atoms with E-state index in [1.807, 2.05) is 24.3 Å². The molecule has 2 aliphatic heterocycles. The Bertz CT molecular complexity index is 496. The molecule has 16 heavy (non-hydrogen) atoms. The quantitative estimate of drug-likeness (QED) is 0.722. The Morgan fingerprint density at radius 2 is 1.94 bits per heavy atom.